The summed E-state index contributed by atoms with van der Waals surface area (Å²) < 4.78 is 19.0. The maximum Gasteiger partial charge on any atom is 0.242 e. The summed E-state index contributed by atoms with van der Waals surface area (Å²) >= 11 is 0. The number of amides is 1. The summed E-state index contributed by atoms with van der Waals surface area (Å²) in [7, 11) is 1.42. The van der Waals surface area contributed by atoms with Gasteiger partial charge in [0.25, 0.3) is 0 Å². The van der Waals surface area contributed by atoms with Gasteiger partial charge in [0.1, 0.15) is 17.1 Å². The SMILES string of the molecule is CCNC(C)(C(N)=O)c1c(F)cccc1OC. The fraction of sp³-hybridized carbons (Fsp3) is 0.417. The Bertz CT molecular complexity index is 423. The van der Waals surface area contributed by atoms with Gasteiger partial charge >= 0.3 is 0 Å². The van der Waals surface area contributed by atoms with Gasteiger partial charge in [-0.3, -0.25) is 10.1 Å². The molecule has 0 saturated heterocycles. The van der Waals surface area contributed by atoms with Crippen LogP contribution in [0.1, 0.15) is 19.4 Å². The quantitative estimate of drug-likeness (QED) is 0.811. The van der Waals surface area contributed by atoms with Crippen LogP contribution in [0, 0.1) is 5.82 Å². The zero-order valence-corrected chi connectivity index (χ0v) is 10.2. The molecule has 0 fully saturated rings. The summed E-state index contributed by atoms with van der Waals surface area (Å²) in [6.07, 6.45) is 0. The summed E-state index contributed by atoms with van der Waals surface area (Å²) in [6.45, 7) is 3.84. The molecule has 0 saturated carbocycles. The number of nitrogens with two attached hydrogens (primary N) is 1. The van der Waals surface area contributed by atoms with Crippen LogP contribution >= 0.6 is 0 Å². The average Bonchev–Trinajstić information content (AvgIpc) is 2.28. The molecule has 0 spiro atoms. The number of nitrogens with one attached hydrogen (secondary N) is 1. The number of carbonyl (C=O) groups is 1. The van der Waals surface area contributed by atoms with Crippen LogP contribution in [-0.2, 0) is 10.3 Å². The van der Waals surface area contributed by atoms with E-state index in [-0.39, 0.29) is 5.56 Å². The lowest BCUT2D eigenvalue weighted by atomic mass is 9.89. The van der Waals surface area contributed by atoms with E-state index in [0.717, 1.165) is 0 Å². The minimum absolute atomic E-state index is 0.136. The van der Waals surface area contributed by atoms with Crippen molar-refractivity contribution in [2.75, 3.05) is 13.7 Å². The van der Waals surface area contributed by atoms with Crippen LogP contribution in [0.2, 0.25) is 0 Å². The van der Waals surface area contributed by atoms with E-state index in [1.165, 1.54) is 19.2 Å². The number of carbonyl (C=O) groups excluding carboxylic acids is 1. The zero-order valence-electron chi connectivity index (χ0n) is 10.2. The van der Waals surface area contributed by atoms with Crippen LogP contribution in [0.4, 0.5) is 4.39 Å². The fourth-order valence-corrected chi connectivity index (χ4v) is 1.81. The maximum absolute atomic E-state index is 13.9. The molecule has 94 valence electrons. The molecule has 1 unspecified atom stereocenters. The van der Waals surface area contributed by atoms with Gasteiger partial charge in [0.05, 0.1) is 12.7 Å². The van der Waals surface area contributed by atoms with Gasteiger partial charge < -0.3 is 10.5 Å². The van der Waals surface area contributed by atoms with Crippen molar-refractivity contribution in [3.8, 4) is 5.75 Å². The lowest BCUT2D eigenvalue weighted by Gasteiger charge is -2.29. The minimum Gasteiger partial charge on any atom is -0.496 e. The van der Waals surface area contributed by atoms with E-state index in [2.05, 4.69) is 5.32 Å². The third kappa shape index (κ3) is 2.39. The van der Waals surface area contributed by atoms with Crippen molar-refractivity contribution in [2.45, 2.75) is 19.4 Å². The number of methoxy groups -OCH3 is 1. The smallest absolute Gasteiger partial charge is 0.242 e. The van der Waals surface area contributed by atoms with Gasteiger partial charge in [-0.2, -0.15) is 0 Å². The summed E-state index contributed by atoms with van der Waals surface area (Å²) in [6, 6.07) is 4.39. The Balaban J connectivity index is 3.42. The summed E-state index contributed by atoms with van der Waals surface area (Å²) in [5.41, 5.74) is 4.21. The molecule has 4 nitrogen and oxygen atoms in total. The van der Waals surface area contributed by atoms with Crippen molar-refractivity contribution in [3.05, 3.63) is 29.6 Å². The lowest BCUT2D eigenvalue weighted by Crippen LogP contribution is -2.51. The van der Waals surface area contributed by atoms with Crippen molar-refractivity contribution in [1.82, 2.24) is 5.32 Å². The van der Waals surface area contributed by atoms with Crippen LogP contribution < -0.4 is 15.8 Å². The highest BCUT2D eigenvalue weighted by molar-refractivity contribution is 5.86. The second kappa shape index (κ2) is 5.14. The first-order valence-electron chi connectivity index (χ1n) is 5.35. The molecule has 0 aromatic heterocycles. The molecule has 0 aliphatic heterocycles. The predicted molar refractivity (Wildman–Crippen MR) is 63.2 cm³/mol. The molecule has 5 heteroatoms. The first kappa shape index (κ1) is 13.4. The number of ether oxygens (including phenoxy) is 1. The summed E-state index contributed by atoms with van der Waals surface area (Å²) in [4.78, 5) is 11.6. The van der Waals surface area contributed by atoms with E-state index >= 15 is 0 Å². The first-order valence-corrected chi connectivity index (χ1v) is 5.35. The molecular formula is C12H17FN2O2. The Labute approximate surface area is 100.0 Å². The van der Waals surface area contributed by atoms with Gasteiger partial charge in [-0.05, 0) is 25.6 Å². The number of primary amides is 1. The normalized spacial score (nSPS) is 14.1. The van der Waals surface area contributed by atoms with Crippen LogP contribution in [0.5, 0.6) is 5.75 Å². The highest BCUT2D eigenvalue weighted by Crippen LogP contribution is 2.32. The molecule has 0 bridgehead atoms. The Morgan fingerprint density at radius 3 is 2.71 bits per heavy atom. The molecule has 1 amide bonds. The molecule has 0 radical (unpaired) electrons. The second-order valence-corrected chi connectivity index (χ2v) is 3.84. The van der Waals surface area contributed by atoms with Crippen molar-refractivity contribution in [3.63, 3.8) is 0 Å². The molecule has 1 rings (SSSR count). The number of halogens is 1. The van der Waals surface area contributed by atoms with E-state index < -0.39 is 17.3 Å². The number of benzene rings is 1. The maximum atomic E-state index is 13.9. The van der Waals surface area contributed by atoms with E-state index in [9.17, 15) is 9.18 Å². The van der Waals surface area contributed by atoms with Gasteiger partial charge in [0.2, 0.25) is 5.91 Å². The van der Waals surface area contributed by atoms with Gasteiger partial charge in [0.15, 0.2) is 0 Å². The topological polar surface area (TPSA) is 64.3 Å². The summed E-state index contributed by atoms with van der Waals surface area (Å²) in [5, 5.41) is 2.90. The largest absolute Gasteiger partial charge is 0.496 e. The average molecular weight is 240 g/mol. The summed E-state index contributed by atoms with van der Waals surface area (Å²) in [5.74, 6) is -0.874. The molecule has 1 aromatic carbocycles. The van der Waals surface area contributed by atoms with E-state index in [0.29, 0.717) is 12.3 Å². The first-order chi connectivity index (χ1) is 7.97. The van der Waals surface area contributed by atoms with Gasteiger partial charge in [0, 0.05) is 0 Å². The molecule has 0 heterocycles. The Hall–Kier alpha value is -1.62. The standard InChI is InChI=1S/C12H17FN2O2/c1-4-15-12(2,11(14)16)10-8(13)6-5-7-9(10)17-3/h5-7,15H,4H2,1-3H3,(H2,14,16). The molecule has 1 atom stereocenters. The highest BCUT2D eigenvalue weighted by atomic mass is 19.1. The lowest BCUT2D eigenvalue weighted by molar-refractivity contribution is -0.124. The Morgan fingerprint density at radius 2 is 2.24 bits per heavy atom. The molecule has 0 aliphatic carbocycles. The van der Waals surface area contributed by atoms with Crippen LogP contribution in [0.25, 0.3) is 0 Å². The third-order valence-corrected chi connectivity index (χ3v) is 2.72. The van der Waals surface area contributed by atoms with E-state index in [1.807, 2.05) is 6.92 Å². The van der Waals surface area contributed by atoms with Crippen molar-refractivity contribution in [2.24, 2.45) is 5.73 Å². The molecule has 0 aliphatic rings. The Kier molecular flexibility index (Phi) is 4.07. The Morgan fingerprint density at radius 1 is 1.59 bits per heavy atom. The second-order valence-electron chi connectivity index (χ2n) is 3.84. The predicted octanol–water partition coefficient (Wildman–Crippen LogP) is 1.14. The third-order valence-electron chi connectivity index (χ3n) is 2.72. The number of rotatable bonds is 5. The van der Waals surface area contributed by atoms with Gasteiger partial charge in [-0.25, -0.2) is 4.39 Å². The fourth-order valence-electron chi connectivity index (χ4n) is 1.81. The highest BCUT2D eigenvalue weighted by Gasteiger charge is 2.37. The van der Waals surface area contributed by atoms with Gasteiger partial charge in [-0.1, -0.05) is 13.0 Å². The molecule has 1 aromatic rings. The van der Waals surface area contributed by atoms with Crippen molar-refractivity contribution < 1.29 is 13.9 Å². The van der Waals surface area contributed by atoms with Gasteiger partial charge in [-0.15, -0.1) is 0 Å². The van der Waals surface area contributed by atoms with Crippen LogP contribution in [0.3, 0.4) is 0 Å². The molecule has 3 N–H and O–H groups in total. The number of hydrogen-bond acceptors (Lipinski definition) is 3. The van der Waals surface area contributed by atoms with E-state index in [1.54, 1.807) is 13.0 Å². The zero-order chi connectivity index (χ0) is 13.1. The van der Waals surface area contributed by atoms with E-state index in [4.69, 9.17) is 10.5 Å². The van der Waals surface area contributed by atoms with Crippen molar-refractivity contribution >= 4 is 5.91 Å². The molecular weight excluding hydrogens is 223 g/mol. The van der Waals surface area contributed by atoms with Crippen molar-refractivity contribution in [1.29, 1.82) is 0 Å². The monoisotopic (exact) mass is 240 g/mol. The minimum atomic E-state index is -1.29. The number of hydrogen-bond donors (Lipinski definition) is 2. The van der Waals surface area contributed by atoms with Crippen LogP contribution in [0.15, 0.2) is 18.2 Å². The molecule has 17 heavy (non-hydrogen) atoms. The van der Waals surface area contributed by atoms with Crippen LogP contribution in [-0.4, -0.2) is 19.6 Å². The number of likely N-dealkylation sites (N-methyl/N-ethyl adjacent to an activating group) is 1.